The molecule has 70 valence electrons. The highest BCUT2D eigenvalue weighted by Gasteiger charge is 1.98. The summed E-state index contributed by atoms with van der Waals surface area (Å²) in [5, 5.41) is 6.54. The number of amides is 1. The van der Waals surface area contributed by atoms with Crippen LogP contribution < -0.4 is 5.32 Å². The number of anilines is 1. The molecule has 0 fully saturated rings. The lowest BCUT2D eigenvalue weighted by Gasteiger charge is -1.95. The summed E-state index contributed by atoms with van der Waals surface area (Å²) >= 11 is 0. The number of hydrogen-bond acceptors (Lipinski definition) is 3. The van der Waals surface area contributed by atoms with Crippen LogP contribution in [0.1, 0.15) is 13.3 Å². The summed E-state index contributed by atoms with van der Waals surface area (Å²) in [6, 6.07) is 0. The number of aryl methyl sites for hydroxylation is 1. The van der Waals surface area contributed by atoms with Gasteiger partial charge in [-0.25, -0.2) is 0 Å². The van der Waals surface area contributed by atoms with E-state index in [0.717, 1.165) is 6.29 Å². The van der Waals surface area contributed by atoms with E-state index in [1.807, 2.05) is 0 Å². The van der Waals surface area contributed by atoms with Crippen LogP contribution >= 0.6 is 0 Å². The molecular weight excluding hydrogens is 170 g/mol. The fourth-order valence-electron chi connectivity index (χ4n) is 0.939. The number of nitrogens with zero attached hydrogens (tertiary/aromatic N) is 2. The fraction of sp³-hybridized carbons (Fsp3) is 0.375. The van der Waals surface area contributed by atoms with Gasteiger partial charge in [-0.15, -0.1) is 0 Å². The van der Waals surface area contributed by atoms with Gasteiger partial charge in [-0.2, -0.15) is 5.10 Å². The highest BCUT2D eigenvalue weighted by molar-refractivity contribution is 5.88. The Labute approximate surface area is 75.7 Å². The Bertz CT molecular complexity index is 306. The molecule has 0 aliphatic rings. The minimum atomic E-state index is -0.130. The molecule has 5 heteroatoms. The quantitative estimate of drug-likeness (QED) is 0.685. The van der Waals surface area contributed by atoms with Crippen molar-refractivity contribution in [1.82, 2.24) is 9.78 Å². The lowest BCUT2D eigenvalue weighted by Crippen LogP contribution is -2.04. The van der Waals surface area contributed by atoms with Crippen LogP contribution in [0.15, 0.2) is 12.4 Å². The largest absolute Gasteiger partial charge is 0.324 e. The van der Waals surface area contributed by atoms with Gasteiger partial charge in [-0.1, -0.05) is 0 Å². The number of aromatic nitrogens is 2. The first kappa shape index (κ1) is 9.44. The molecule has 5 nitrogen and oxygen atoms in total. The summed E-state index contributed by atoms with van der Waals surface area (Å²) in [6.45, 7) is 1.98. The lowest BCUT2D eigenvalue weighted by atomic mass is 10.5. The highest BCUT2D eigenvalue weighted by atomic mass is 16.1. The van der Waals surface area contributed by atoms with Gasteiger partial charge in [0, 0.05) is 26.1 Å². The zero-order chi connectivity index (χ0) is 9.68. The van der Waals surface area contributed by atoms with Gasteiger partial charge in [0.1, 0.15) is 6.29 Å². The van der Waals surface area contributed by atoms with E-state index in [0.29, 0.717) is 18.7 Å². The van der Waals surface area contributed by atoms with Crippen molar-refractivity contribution in [1.29, 1.82) is 0 Å². The molecular formula is C8H11N3O2. The second kappa shape index (κ2) is 4.39. The van der Waals surface area contributed by atoms with Crippen molar-refractivity contribution in [2.45, 2.75) is 19.9 Å². The van der Waals surface area contributed by atoms with E-state index >= 15 is 0 Å². The number of aldehydes is 1. The van der Waals surface area contributed by atoms with Gasteiger partial charge >= 0.3 is 0 Å². The molecule has 1 rings (SSSR count). The Hall–Kier alpha value is -1.65. The molecule has 1 heterocycles. The third kappa shape index (κ3) is 3.06. The van der Waals surface area contributed by atoms with Crippen molar-refractivity contribution < 1.29 is 9.59 Å². The van der Waals surface area contributed by atoms with Crippen LogP contribution in [0.3, 0.4) is 0 Å². The van der Waals surface area contributed by atoms with Gasteiger partial charge in [-0.05, 0) is 0 Å². The number of rotatable bonds is 4. The topological polar surface area (TPSA) is 64.0 Å². The normalized spacial score (nSPS) is 9.62. The third-order valence-electron chi connectivity index (χ3n) is 1.43. The van der Waals surface area contributed by atoms with Crippen LogP contribution in [0, 0.1) is 0 Å². The van der Waals surface area contributed by atoms with Crippen molar-refractivity contribution in [3.63, 3.8) is 0 Å². The number of carbonyl (C=O) groups is 2. The molecule has 0 atom stereocenters. The van der Waals surface area contributed by atoms with Gasteiger partial charge in [0.25, 0.3) is 0 Å². The smallest absolute Gasteiger partial charge is 0.221 e. The zero-order valence-electron chi connectivity index (χ0n) is 7.36. The molecule has 0 radical (unpaired) electrons. The summed E-state index contributed by atoms with van der Waals surface area (Å²) in [5.41, 5.74) is 0.651. The van der Waals surface area contributed by atoms with Crippen LogP contribution in [-0.2, 0) is 16.1 Å². The molecule has 0 saturated heterocycles. The Morgan fingerprint density at radius 2 is 2.54 bits per heavy atom. The molecule has 13 heavy (non-hydrogen) atoms. The van der Waals surface area contributed by atoms with E-state index in [2.05, 4.69) is 10.4 Å². The Balaban J connectivity index is 2.53. The van der Waals surface area contributed by atoms with Gasteiger partial charge in [0.15, 0.2) is 0 Å². The first-order valence-corrected chi connectivity index (χ1v) is 3.96. The summed E-state index contributed by atoms with van der Waals surface area (Å²) in [7, 11) is 0. The Morgan fingerprint density at radius 1 is 1.77 bits per heavy atom. The maximum absolute atomic E-state index is 10.6. The summed E-state index contributed by atoms with van der Waals surface area (Å²) in [5.74, 6) is -0.130. The number of hydrogen-bond donors (Lipinski definition) is 1. The lowest BCUT2D eigenvalue weighted by molar-refractivity contribution is -0.114. The summed E-state index contributed by atoms with van der Waals surface area (Å²) in [6.07, 6.45) is 4.50. The molecule has 0 bridgehead atoms. The van der Waals surface area contributed by atoms with E-state index in [-0.39, 0.29) is 5.91 Å². The minimum Gasteiger partial charge on any atom is -0.324 e. The summed E-state index contributed by atoms with van der Waals surface area (Å²) in [4.78, 5) is 20.7. The molecule has 0 unspecified atom stereocenters. The van der Waals surface area contributed by atoms with Gasteiger partial charge in [0.2, 0.25) is 5.91 Å². The fourth-order valence-corrected chi connectivity index (χ4v) is 0.939. The van der Waals surface area contributed by atoms with Crippen molar-refractivity contribution in [3.8, 4) is 0 Å². The standard InChI is InChI=1S/C8H11N3O2/c1-7(13)10-8-5-9-11(6-8)3-2-4-12/h4-6H,2-3H2,1H3,(H,10,13). The molecule has 0 saturated carbocycles. The van der Waals surface area contributed by atoms with Crippen LogP contribution in [-0.4, -0.2) is 22.0 Å². The average Bonchev–Trinajstić information content (AvgIpc) is 2.48. The van der Waals surface area contributed by atoms with E-state index < -0.39 is 0 Å². The second-order valence-corrected chi connectivity index (χ2v) is 2.63. The molecule has 0 aromatic carbocycles. The molecule has 1 aromatic rings. The molecule has 0 spiro atoms. The Morgan fingerprint density at radius 3 is 3.15 bits per heavy atom. The first-order chi connectivity index (χ1) is 6.22. The first-order valence-electron chi connectivity index (χ1n) is 3.96. The maximum Gasteiger partial charge on any atom is 0.221 e. The average molecular weight is 181 g/mol. The van der Waals surface area contributed by atoms with E-state index in [1.54, 1.807) is 17.1 Å². The van der Waals surface area contributed by atoms with Gasteiger partial charge < -0.3 is 10.1 Å². The predicted octanol–water partition coefficient (Wildman–Crippen LogP) is 0.430. The molecule has 1 aromatic heterocycles. The second-order valence-electron chi connectivity index (χ2n) is 2.63. The number of nitrogens with one attached hydrogen (secondary N) is 1. The predicted molar refractivity (Wildman–Crippen MR) is 47.2 cm³/mol. The van der Waals surface area contributed by atoms with Crippen LogP contribution in [0.5, 0.6) is 0 Å². The van der Waals surface area contributed by atoms with Crippen molar-refractivity contribution in [3.05, 3.63) is 12.4 Å². The zero-order valence-corrected chi connectivity index (χ0v) is 7.36. The monoisotopic (exact) mass is 181 g/mol. The molecule has 1 amide bonds. The molecule has 0 aliphatic heterocycles. The van der Waals surface area contributed by atoms with E-state index in [1.165, 1.54) is 6.92 Å². The molecule has 1 N–H and O–H groups in total. The van der Waals surface area contributed by atoms with Gasteiger partial charge in [-0.3, -0.25) is 9.48 Å². The van der Waals surface area contributed by atoms with Crippen molar-refractivity contribution >= 4 is 17.9 Å². The number of carbonyl (C=O) groups excluding carboxylic acids is 2. The van der Waals surface area contributed by atoms with E-state index in [4.69, 9.17) is 0 Å². The summed E-state index contributed by atoms with van der Waals surface area (Å²) < 4.78 is 1.61. The maximum atomic E-state index is 10.6. The molecule has 0 aliphatic carbocycles. The highest BCUT2D eigenvalue weighted by Crippen LogP contribution is 2.04. The van der Waals surface area contributed by atoms with Gasteiger partial charge in [0.05, 0.1) is 11.9 Å². The minimum absolute atomic E-state index is 0.130. The van der Waals surface area contributed by atoms with Crippen LogP contribution in [0.4, 0.5) is 5.69 Å². The van der Waals surface area contributed by atoms with Crippen molar-refractivity contribution in [2.24, 2.45) is 0 Å². The van der Waals surface area contributed by atoms with E-state index in [9.17, 15) is 9.59 Å². The van der Waals surface area contributed by atoms with Crippen LogP contribution in [0.2, 0.25) is 0 Å². The van der Waals surface area contributed by atoms with Crippen LogP contribution in [0.25, 0.3) is 0 Å². The SMILES string of the molecule is CC(=O)Nc1cnn(CCC=O)c1. The Kier molecular flexibility index (Phi) is 3.19. The van der Waals surface area contributed by atoms with Crippen molar-refractivity contribution in [2.75, 3.05) is 5.32 Å². The third-order valence-corrected chi connectivity index (χ3v) is 1.43.